The number of pyridine rings is 1. The summed E-state index contributed by atoms with van der Waals surface area (Å²) in [5.41, 5.74) is 6.82. The number of rotatable bonds is 5. The summed E-state index contributed by atoms with van der Waals surface area (Å²) in [5.74, 6) is -1.21. The van der Waals surface area contributed by atoms with Crippen LogP contribution in [0.25, 0.3) is 0 Å². The average Bonchev–Trinajstić information content (AvgIpc) is 3.61. The topological polar surface area (TPSA) is 110 Å². The van der Waals surface area contributed by atoms with Gasteiger partial charge in [0.15, 0.2) is 12.1 Å². The molecule has 1 aromatic heterocycles. The Morgan fingerprint density at radius 1 is 1.22 bits per heavy atom. The highest BCUT2D eigenvalue weighted by atomic mass is 19.4. The van der Waals surface area contributed by atoms with E-state index in [-0.39, 0.29) is 35.9 Å². The lowest BCUT2D eigenvalue weighted by molar-refractivity contribution is -0.201. The minimum atomic E-state index is -4.57. The van der Waals surface area contributed by atoms with Gasteiger partial charge in [0, 0.05) is 30.3 Å². The first kappa shape index (κ1) is 25.0. The molecular weight excluding hydrogens is 487 g/mol. The molecule has 0 saturated heterocycles. The number of ether oxygens (including phenoxy) is 1. The van der Waals surface area contributed by atoms with Gasteiger partial charge >= 0.3 is 6.18 Å². The van der Waals surface area contributed by atoms with E-state index in [1.165, 1.54) is 11.0 Å². The number of aliphatic imine (C=N–C) groups is 1. The lowest BCUT2D eigenvalue weighted by Gasteiger charge is -2.38. The lowest BCUT2D eigenvalue weighted by atomic mass is 9.94. The number of carbonyl (C=O) groups is 2. The molecule has 5 atom stereocenters. The van der Waals surface area contributed by atoms with Crippen LogP contribution in [0.4, 0.5) is 13.2 Å². The van der Waals surface area contributed by atoms with Crippen molar-refractivity contribution in [2.24, 2.45) is 22.6 Å². The fraction of sp³-hybridized carbons (Fsp3) is 0.462. The first-order valence-corrected chi connectivity index (χ1v) is 12.1. The number of fused-ring (bicyclic) bond motifs is 1. The molecular formula is C26H28F3N5O3. The Morgan fingerprint density at radius 3 is 2.65 bits per heavy atom. The predicted octanol–water partition coefficient (Wildman–Crippen LogP) is 3.66. The van der Waals surface area contributed by atoms with Crippen molar-refractivity contribution in [2.45, 2.75) is 63.0 Å². The van der Waals surface area contributed by atoms with Gasteiger partial charge < -0.3 is 15.8 Å². The molecule has 11 heteroatoms. The molecule has 2 amide bonds. The van der Waals surface area contributed by atoms with E-state index in [4.69, 9.17) is 10.5 Å². The molecule has 8 nitrogen and oxygen atoms in total. The molecule has 1 saturated carbocycles. The van der Waals surface area contributed by atoms with Gasteiger partial charge in [0.1, 0.15) is 5.75 Å². The molecule has 37 heavy (non-hydrogen) atoms. The Hall–Kier alpha value is -3.63. The van der Waals surface area contributed by atoms with Crippen LogP contribution in [0.1, 0.15) is 56.3 Å². The third-order valence-corrected chi connectivity index (χ3v) is 7.10. The molecule has 0 spiro atoms. The van der Waals surface area contributed by atoms with Crippen LogP contribution in [0.5, 0.6) is 5.75 Å². The van der Waals surface area contributed by atoms with Gasteiger partial charge in [-0.3, -0.25) is 19.5 Å². The fourth-order valence-electron chi connectivity index (χ4n) is 5.32. The summed E-state index contributed by atoms with van der Waals surface area (Å²) in [4.78, 5) is 36.6. The summed E-state index contributed by atoms with van der Waals surface area (Å²) in [7, 11) is 0. The molecule has 1 aromatic carbocycles. The predicted molar refractivity (Wildman–Crippen MR) is 128 cm³/mol. The standard InChI is InChI=1S/C26H28F3N5O3/c1-25(2)12-21(35)34(24(30)33-25)22(14-6-5-9-31-13-14)16-10-17(16)23(36)32-18-11-20(26(27,28)29)37-19-8-4-3-7-15(18)19/h3-9,13,16-18,20,22H,10-12H2,1-2H3,(H2,30,33)(H,32,36). The number of carbonyl (C=O) groups excluding carboxylic acids is 2. The van der Waals surface area contributed by atoms with E-state index in [0.29, 0.717) is 17.5 Å². The van der Waals surface area contributed by atoms with Gasteiger partial charge in [-0.05, 0) is 43.9 Å². The molecule has 3 heterocycles. The molecule has 0 radical (unpaired) electrons. The second-order valence-electron chi connectivity index (χ2n) is 10.4. The van der Waals surface area contributed by atoms with Crippen LogP contribution in [-0.4, -0.2) is 45.5 Å². The summed E-state index contributed by atoms with van der Waals surface area (Å²) in [6.45, 7) is 3.64. The van der Waals surface area contributed by atoms with E-state index in [1.807, 2.05) is 19.9 Å². The quantitative estimate of drug-likeness (QED) is 0.632. The van der Waals surface area contributed by atoms with Gasteiger partial charge in [-0.25, -0.2) is 4.99 Å². The minimum Gasteiger partial charge on any atom is -0.480 e. The van der Waals surface area contributed by atoms with Crippen LogP contribution >= 0.6 is 0 Å². The maximum Gasteiger partial charge on any atom is 0.425 e. The molecule has 5 rings (SSSR count). The Bertz CT molecular complexity index is 1230. The third-order valence-electron chi connectivity index (χ3n) is 7.10. The highest BCUT2D eigenvalue weighted by Gasteiger charge is 2.54. The highest BCUT2D eigenvalue weighted by Crippen LogP contribution is 2.51. The van der Waals surface area contributed by atoms with Crippen LogP contribution in [0.3, 0.4) is 0 Å². The summed E-state index contributed by atoms with van der Waals surface area (Å²) in [6, 6.07) is 8.54. The minimum absolute atomic E-state index is 0.0764. The second-order valence-corrected chi connectivity index (χ2v) is 10.4. The van der Waals surface area contributed by atoms with Crippen molar-refractivity contribution in [2.75, 3.05) is 0 Å². The van der Waals surface area contributed by atoms with Crippen molar-refractivity contribution in [3.05, 3.63) is 59.9 Å². The maximum absolute atomic E-state index is 13.5. The second kappa shape index (κ2) is 9.04. The van der Waals surface area contributed by atoms with Crippen LogP contribution in [0, 0.1) is 11.8 Å². The van der Waals surface area contributed by atoms with Gasteiger partial charge in [0.25, 0.3) is 0 Å². The van der Waals surface area contributed by atoms with Crippen LogP contribution in [0.15, 0.2) is 53.8 Å². The van der Waals surface area contributed by atoms with E-state index in [2.05, 4.69) is 15.3 Å². The number of hydrogen-bond donors (Lipinski definition) is 2. The number of benzene rings is 1. The number of para-hydroxylation sites is 1. The Balaban J connectivity index is 1.39. The largest absolute Gasteiger partial charge is 0.480 e. The van der Waals surface area contributed by atoms with Crippen molar-refractivity contribution >= 4 is 17.8 Å². The zero-order valence-corrected chi connectivity index (χ0v) is 20.4. The molecule has 2 aliphatic heterocycles. The molecule has 2 aromatic rings. The van der Waals surface area contributed by atoms with Crippen LogP contribution in [0.2, 0.25) is 0 Å². The number of alkyl halides is 3. The SMILES string of the molecule is CC1(C)CC(=O)N(C(c2cccnc2)C2CC2C(=O)NC2CC(C(F)(F)F)Oc3ccccc32)C(N)=N1. The molecule has 3 N–H and O–H groups in total. The van der Waals surface area contributed by atoms with Crippen LogP contribution in [-0.2, 0) is 9.59 Å². The molecule has 3 aliphatic rings. The number of amides is 2. The number of aromatic nitrogens is 1. The first-order valence-electron chi connectivity index (χ1n) is 12.1. The van der Waals surface area contributed by atoms with E-state index in [9.17, 15) is 22.8 Å². The highest BCUT2D eigenvalue weighted by molar-refractivity contribution is 5.99. The van der Waals surface area contributed by atoms with E-state index in [0.717, 1.165) is 0 Å². The smallest absolute Gasteiger partial charge is 0.425 e. The van der Waals surface area contributed by atoms with Crippen molar-refractivity contribution in [1.29, 1.82) is 0 Å². The summed E-state index contributed by atoms with van der Waals surface area (Å²) in [5, 5.41) is 2.81. The number of hydrogen-bond acceptors (Lipinski definition) is 6. The number of halogens is 3. The Kier molecular flexibility index (Phi) is 6.12. The summed E-state index contributed by atoms with van der Waals surface area (Å²) < 4.78 is 45.7. The molecule has 1 fully saturated rings. The van der Waals surface area contributed by atoms with Gasteiger partial charge in [-0.15, -0.1) is 0 Å². The zero-order valence-electron chi connectivity index (χ0n) is 20.4. The third kappa shape index (κ3) is 4.99. The van der Waals surface area contributed by atoms with Gasteiger partial charge in [-0.1, -0.05) is 24.3 Å². The molecule has 5 unspecified atom stereocenters. The van der Waals surface area contributed by atoms with E-state index in [1.54, 1.807) is 36.7 Å². The summed E-state index contributed by atoms with van der Waals surface area (Å²) >= 11 is 0. The van der Waals surface area contributed by atoms with E-state index >= 15 is 0 Å². The number of guanidine groups is 1. The van der Waals surface area contributed by atoms with Crippen molar-refractivity contribution in [1.82, 2.24) is 15.2 Å². The van der Waals surface area contributed by atoms with Gasteiger partial charge in [0.2, 0.25) is 11.8 Å². The van der Waals surface area contributed by atoms with E-state index < -0.39 is 42.2 Å². The number of nitrogens with zero attached hydrogens (tertiary/aromatic N) is 3. The fourth-order valence-corrected chi connectivity index (χ4v) is 5.32. The zero-order chi connectivity index (χ0) is 26.5. The molecule has 1 aliphatic carbocycles. The van der Waals surface area contributed by atoms with Gasteiger partial charge in [-0.2, -0.15) is 13.2 Å². The number of nitrogens with one attached hydrogen (secondary N) is 1. The van der Waals surface area contributed by atoms with Crippen molar-refractivity contribution < 1.29 is 27.5 Å². The van der Waals surface area contributed by atoms with Crippen molar-refractivity contribution in [3.63, 3.8) is 0 Å². The molecule has 0 bridgehead atoms. The Labute approximate surface area is 212 Å². The average molecular weight is 516 g/mol. The normalized spacial score (nSPS) is 27.4. The molecule has 196 valence electrons. The van der Waals surface area contributed by atoms with Gasteiger partial charge in [0.05, 0.1) is 24.0 Å². The monoisotopic (exact) mass is 515 g/mol. The Morgan fingerprint density at radius 2 is 1.97 bits per heavy atom. The maximum atomic E-state index is 13.5. The number of nitrogens with two attached hydrogens (primary N) is 1. The lowest BCUT2D eigenvalue weighted by Crippen LogP contribution is -2.52. The first-order chi connectivity index (χ1) is 17.4. The van der Waals surface area contributed by atoms with Crippen molar-refractivity contribution in [3.8, 4) is 5.75 Å². The summed E-state index contributed by atoms with van der Waals surface area (Å²) in [6.07, 6.45) is -3.17. The van der Waals surface area contributed by atoms with Crippen LogP contribution < -0.4 is 15.8 Å².